The van der Waals surface area contributed by atoms with Crippen molar-refractivity contribution < 1.29 is 4.79 Å². The monoisotopic (exact) mass is 294 g/mol. The average Bonchev–Trinajstić information content (AvgIpc) is 2.94. The minimum atomic E-state index is 0.0533. The van der Waals surface area contributed by atoms with Crippen molar-refractivity contribution >= 4 is 17.5 Å². The lowest BCUT2D eigenvalue weighted by molar-refractivity contribution is -0.127. The van der Waals surface area contributed by atoms with Crippen LogP contribution in [0.4, 0.5) is 0 Å². The molecule has 3 nitrogen and oxygen atoms in total. The van der Waals surface area contributed by atoms with Crippen molar-refractivity contribution in [2.75, 3.05) is 19.0 Å². The standard InChI is InChI=1S/C16H23ClN2O/c1-13(2)19(11-14-6-4-3-5-7-14)15-8-9-18(12-15)16(20)10-17/h3-7,13,15H,8-12H2,1-2H3/t15-/m0/s1. The molecule has 0 unspecified atom stereocenters. The van der Waals surface area contributed by atoms with E-state index in [1.54, 1.807) is 0 Å². The highest BCUT2D eigenvalue weighted by Gasteiger charge is 2.31. The van der Waals surface area contributed by atoms with Gasteiger partial charge in [-0.1, -0.05) is 30.3 Å². The minimum Gasteiger partial charge on any atom is -0.340 e. The van der Waals surface area contributed by atoms with Crippen molar-refractivity contribution in [2.45, 2.75) is 38.9 Å². The maximum Gasteiger partial charge on any atom is 0.237 e. The summed E-state index contributed by atoms with van der Waals surface area (Å²) in [5.41, 5.74) is 1.32. The van der Waals surface area contributed by atoms with Gasteiger partial charge in [0.2, 0.25) is 5.91 Å². The molecule has 1 atom stereocenters. The molecule has 0 radical (unpaired) electrons. The summed E-state index contributed by atoms with van der Waals surface area (Å²) in [6.07, 6.45) is 1.04. The lowest BCUT2D eigenvalue weighted by Crippen LogP contribution is -2.42. The Balaban J connectivity index is 2.01. The molecule has 1 aromatic rings. The summed E-state index contributed by atoms with van der Waals surface area (Å²) in [5.74, 6) is 0.144. The summed E-state index contributed by atoms with van der Waals surface area (Å²) in [5, 5.41) is 0. The van der Waals surface area contributed by atoms with Crippen molar-refractivity contribution in [1.29, 1.82) is 0 Å². The van der Waals surface area contributed by atoms with Crippen molar-refractivity contribution in [3.05, 3.63) is 35.9 Å². The zero-order valence-corrected chi connectivity index (χ0v) is 13.0. The van der Waals surface area contributed by atoms with Gasteiger partial charge in [0.25, 0.3) is 0 Å². The molecular formula is C16H23ClN2O. The Kier molecular flexibility index (Phi) is 5.44. The zero-order valence-electron chi connectivity index (χ0n) is 12.3. The number of halogens is 1. The smallest absolute Gasteiger partial charge is 0.237 e. The Morgan fingerprint density at radius 3 is 2.70 bits per heavy atom. The van der Waals surface area contributed by atoms with Crippen LogP contribution in [0, 0.1) is 0 Å². The highest BCUT2D eigenvalue weighted by Crippen LogP contribution is 2.21. The van der Waals surface area contributed by atoms with E-state index in [9.17, 15) is 4.79 Å². The number of alkyl halides is 1. The molecule has 1 aliphatic rings. The van der Waals surface area contributed by atoms with E-state index in [-0.39, 0.29) is 11.8 Å². The molecule has 0 spiro atoms. The second kappa shape index (κ2) is 7.09. The number of amides is 1. The van der Waals surface area contributed by atoms with E-state index in [0.717, 1.165) is 26.1 Å². The molecule has 1 aromatic carbocycles. The molecule has 1 saturated heterocycles. The fourth-order valence-corrected chi connectivity index (χ4v) is 3.02. The number of rotatable bonds is 5. The molecule has 1 heterocycles. The zero-order chi connectivity index (χ0) is 14.5. The number of hydrogen-bond acceptors (Lipinski definition) is 2. The van der Waals surface area contributed by atoms with E-state index in [1.807, 2.05) is 11.0 Å². The van der Waals surface area contributed by atoms with Crippen molar-refractivity contribution in [3.63, 3.8) is 0 Å². The Morgan fingerprint density at radius 2 is 2.10 bits per heavy atom. The average molecular weight is 295 g/mol. The normalized spacial score (nSPS) is 19.1. The third kappa shape index (κ3) is 3.74. The predicted molar refractivity (Wildman–Crippen MR) is 82.8 cm³/mol. The van der Waals surface area contributed by atoms with Gasteiger partial charge in [0, 0.05) is 31.7 Å². The van der Waals surface area contributed by atoms with Gasteiger partial charge in [-0.05, 0) is 25.8 Å². The Bertz CT molecular complexity index is 435. The molecule has 20 heavy (non-hydrogen) atoms. The number of benzene rings is 1. The molecule has 110 valence electrons. The molecule has 4 heteroatoms. The minimum absolute atomic E-state index is 0.0533. The first-order valence-electron chi connectivity index (χ1n) is 7.25. The van der Waals surface area contributed by atoms with E-state index in [2.05, 4.69) is 43.0 Å². The van der Waals surface area contributed by atoms with Crippen LogP contribution in [0.1, 0.15) is 25.8 Å². The van der Waals surface area contributed by atoms with E-state index >= 15 is 0 Å². The molecule has 0 aliphatic carbocycles. The summed E-state index contributed by atoms with van der Waals surface area (Å²) >= 11 is 5.65. The molecule has 0 saturated carbocycles. The lowest BCUT2D eigenvalue weighted by atomic mass is 10.1. The number of carbonyl (C=O) groups excluding carboxylic acids is 1. The van der Waals surface area contributed by atoms with E-state index in [0.29, 0.717) is 12.1 Å². The van der Waals surface area contributed by atoms with E-state index < -0.39 is 0 Å². The van der Waals surface area contributed by atoms with Gasteiger partial charge in [0.05, 0.1) is 0 Å². The van der Waals surface area contributed by atoms with Gasteiger partial charge >= 0.3 is 0 Å². The number of nitrogens with zero attached hydrogens (tertiary/aromatic N) is 2. The van der Waals surface area contributed by atoms with Crippen molar-refractivity contribution in [1.82, 2.24) is 9.80 Å². The summed E-state index contributed by atoms with van der Waals surface area (Å²) in [6.45, 7) is 7.00. The van der Waals surface area contributed by atoms with Crippen LogP contribution >= 0.6 is 11.6 Å². The second-order valence-electron chi connectivity index (χ2n) is 5.67. The molecule has 1 fully saturated rings. The highest BCUT2D eigenvalue weighted by atomic mass is 35.5. The molecular weight excluding hydrogens is 272 g/mol. The fourth-order valence-electron chi connectivity index (χ4n) is 2.85. The van der Waals surface area contributed by atoms with E-state index in [1.165, 1.54) is 5.56 Å². The number of carbonyl (C=O) groups is 1. The lowest BCUT2D eigenvalue weighted by Gasteiger charge is -2.32. The second-order valence-corrected chi connectivity index (χ2v) is 5.93. The van der Waals surface area contributed by atoms with Crippen LogP contribution in [-0.2, 0) is 11.3 Å². The van der Waals surface area contributed by atoms with Gasteiger partial charge in [0.15, 0.2) is 0 Å². The van der Waals surface area contributed by atoms with Crippen LogP contribution in [0.5, 0.6) is 0 Å². The van der Waals surface area contributed by atoms with E-state index in [4.69, 9.17) is 11.6 Å². The third-order valence-corrected chi connectivity index (χ3v) is 4.20. The van der Waals surface area contributed by atoms with Gasteiger partial charge in [-0.3, -0.25) is 9.69 Å². The first kappa shape index (κ1) is 15.3. The Labute approximate surface area is 126 Å². The highest BCUT2D eigenvalue weighted by molar-refractivity contribution is 6.27. The van der Waals surface area contributed by atoms with Gasteiger partial charge in [-0.2, -0.15) is 0 Å². The molecule has 1 aliphatic heterocycles. The first-order chi connectivity index (χ1) is 9.61. The van der Waals surface area contributed by atoms with Crippen LogP contribution in [0.3, 0.4) is 0 Å². The largest absolute Gasteiger partial charge is 0.340 e. The van der Waals surface area contributed by atoms with Crippen molar-refractivity contribution in [3.8, 4) is 0 Å². The predicted octanol–water partition coefficient (Wildman–Crippen LogP) is 2.74. The first-order valence-corrected chi connectivity index (χ1v) is 7.78. The number of hydrogen-bond donors (Lipinski definition) is 0. The quantitative estimate of drug-likeness (QED) is 0.780. The Morgan fingerprint density at radius 1 is 1.40 bits per heavy atom. The van der Waals surface area contributed by atoms with Crippen LogP contribution < -0.4 is 0 Å². The molecule has 0 bridgehead atoms. The SMILES string of the molecule is CC(C)N(Cc1ccccc1)[C@H]1CCN(C(=O)CCl)C1. The number of likely N-dealkylation sites (tertiary alicyclic amines) is 1. The molecule has 0 aromatic heterocycles. The van der Waals surface area contributed by atoms with Crippen LogP contribution in [0.2, 0.25) is 0 Å². The summed E-state index contributed by atoms with van der Waals surface area (Å²) in [6, 6.07) is 11.4. The van der Waals surface area contributed by atoms with Gasteiger partial charge < -0.3 is 4.90 Å². The fraction of sp³-hybridized carbons (Fsp3) is 0.562. The summed E-state index contributed by atoms with van der Waals surface area (Å²) in [4.78, 5) is 16.1. The van der Waals surface area contributed by atoms with Gasteiger partial charge in [-0.15, -0.1) is 11.6 Å². The van der Waals surface area contributed by atoms with Crippen LogP contribution in [0.25, 0.3) is 0 Å². The third-order valence-electron chi connectivity index (χ3n) is 3.97. The topological polar surface area (TPSA) is 23.6 Å². The van der Waals surface area contributed by atoms with Crippen molar-refractivity contribution in [2.24, 2.45) is 0 Å². The molecule has 1 amide bonds. The summed E-state index contributed by atoms with van der Waals surface area (Å²) < 4.78 is 0. The van der Waals surface area contributed by atoms with Gasteiger partial charge in [-0.25, -0.2) is 0 Å². The molecule has 2 rings (SSSR count). The maximum absolute atomic E-state index is 11.7. The molecule has 0 N–H and O–H groups in total. The maximum atomic E-state index is 11.7. The Hall–Kier alpha value is -1.06. The van der Waals surface area contributed by atoms with Crippen LogP contribution in [0.15, 0.2) is 30.3 Å². The van der Waals surface area contributed by atoms with Crippen LogP contribution in [-0.4, -0.2) is 46.8 Å². The van der Waals surface area contributed by atoms with Gasteiger partial charge in [0.1, 0.15) is 5.88 Å². The summed E-state index contributed by atoms with van der Waals surface area (Å²) in [7, 11) is 0.